The molecule has 0 heterocycles. The molecule has 0 bridgehead atoms. The Bertz CT molecular complexity index is 414. The Morgan fingerprint density at radius 2 is 1.81 bits per heavy atom. The fourth-order valence-corrected chi connectivity index (χ4v) is 2.73. The second-order valence-electron chi connectivity index (χ2n) is 4.63. The predicted molar refractivity (Wildman–Crippen MR) is 78.4 cm³/mol. The van der Waals surface area contributed by atoms with Crippen molar-refractivity contribution >= 4 is 35.6 Å². The first kappa shape index (κ1) is 19.2. The molecule has 0 aromatic rings. The monoisotopic (exact) mass is 319 g/mol. The van der Waals surface area contributed by atoms with Crippen LogP contribution in [0, 0.1) is 5.92 Å². The molecule has 120 valence electrons. The van der Waals surface area contributed by atoms with Gasteiger partial charge in [0.05, 0.1) is 12.4 Å². The number of hydrogen-bond acceptors (Lipinski definition) is 6. The summed E-state index contributed by atoms with van der Waals surface area (Å²) in [5.74, 6) is -1.47. The zero-order valence-corrected chi connectivity index (χ0v) is 13.3. The molecule has 21 heavy (non-hydrogen) atoms. The first-order chi connectivity index (χ1) is 9.68. The number of nitrogens with one attached hydrogen (secondary N) is 2. The lowest BCUT2D eigenvalue weighted by Gasteiger charge is -2.21. The molecule has 0 saturated heterocycles. The minimum Gasteiger partial charge on any atom is -0.467 e. The SMILES string of the molecule is COC(=O)C(CSC(C(=O)NC(N)=O)C(C)C)NC(C)=O. The summed E-state index contributed by atoms with van der Waals surface area (Å²) >= 11 is 1.14. The van der Waals surface area contributed by atoms with Crippen LogP contribution in [0.25, 0.3) is 0 Å². The number of amides is 4. The maximum Gasteiger partial charge on any atom is 0.329 e. The van der Waals surface area contributed by atoms with Gasteiger partial charge in [-0.15, -0.1) is 11.8 Å². The van der Waals surface area contributed by atoms with Gasteiger partial charge in [-0.1, -0.05) is 13.8 Å². The second-order valence-corrected chi connectivity index (χ2v) is 5.80. The van der Waals surface area contributed by atoms with Crippen LogP contribution in [0.5, 0.6) is 0 Å². The van der Waals surface area contributed by atoms with E-state index in [4.69, 9.17) is 5.73 Å². The Morgan fingerprint density at radius 3 is 2.19 bits per heavy atom. The molecule has 0 aliphatic rings. The van der Waals surface area contributed by atoms with Crippen LogP contribution in [0.2, 0.25) is 0 Å². The summed E-state index contributed by atoms with van der Waals surface area (Å²) in [4.78, 5) is 45.2. The number of esters is 1. The van der Waals surface area contributed by atoms with Gasteiger partial charge in [0.1, 0.15) is 6.04 Å². The fraction of sp³-hybridized carbons (Fsp3) is 0.667. The molecular formula is C12H21N3O5S. The minimum atomic E-state index is -0.933. The Balaban J connectivity index is 4.76. The van der Waals surface area contributed by atoms with Gasteiger partial charge in [-0.3, -0.25) is 14.9 Å². The molecule has 0 aliphatic carbocycles. The Hall–Kier alpha value is -1.77. The Labute approximate surface area is 127 Å². The highest BCUT2D eigenvalue weighted by atomic mass is 32.2. The number of carbonyl (C=O) groups is 4. The molecule has 0 aliphatic heterocycles. The lowest BCUT2D eigenvalue weighted by molar-refractivity contribution is -0.144. The number of carbonyl (C=O) groups excluding carboxylic acids is 4. The number of urea groups is 1. The van der Waals surface area contributed by atoms with Crippen molar-refractivity contribution in [3.05, 3.63) is 0 Å². The number of hydrogen-bond donors (Lipinski definition) is 3. The first-order valence-electron chi connectivity index (χ1n) is 6.25. The topological polar surface area (TPSA) is 128 Å². The van der Waals surface area contributed by atoms with Gasteiger partial charge in [-0.2, -0.15) is 0 Å². The van der Waals surface area contributed by atoms with Crippen molar-refractivity contribution in [1.82, 2.24) is 10.6 Å². The van der Waals surface area contributed by atoms with E-state index in [0.717, 1.165) is 11.8 Å². The molecule has 4 amide bonds. The number of primary amides is 1. The smallest absolute Gasteiger partial charge is 0.329 e. The lowest BCUT2D eigenvalue weighted by atomic mass is 10.1. The zero-order valence-electron chi connectivity index (χ0n) is 12.5. The van der Waals surface area contributed by atoms with Crippen molar-refractivity contribution in [2.75, 3.05) is 12.9 Å². The number of nitrogens with two attached hydrogens (primary N) is 1. The summed E-state index contributed by atoms with van der Waals surface area (Å²) in [6, 6.07) is -1.79. The van der Waals surface area contributed by atoms with E-state index in [9.17, 15) is 19.2 Å². The maximum atomic E-state index is 11.8. The van der Waals surface area contributed by atoms with Gasteiger partial charge in [0.2, 0.25) is 11.8 Å². The molecule has 2 atom stereocenters. The van der Waals surface area contributed by atoms with Gasteiger partial charge in [0.15, 0.2) is 0 Å². The lowest BCUT2D eigenvalue weighted by Crippen LogP contribution is -2.45. The molecule has 4 N–H and O–H groups in total. The van der Waals surface area contributed by atoms with Crippen molar-refractivity contribution in [2.45, 2.75) is 32.1 Å². The number of imide groups is 1. The van der Waals surface area contributed by atoms with Gasteiger partial charge in [-0.25, -0.2) is 9.59 Å². The van der Waals surface area contributed by atoms with Crippen LogP contribution in [0.3, 0.4) is 0 Å². The number of rotatable bonds is 7. The van der Waals surface area contributed by atoms with E-state index >= 15 is 0 Å². The van der Waals surface area contributed by atoms with Crippen LogP contribution in [-0.4, -0.2) is 48.0 Å². The highest BCUT2D eigenvalue weighted by Crippen LogP contribution is 2.21. The van der Waals surface area contributed by atoms with Gasteiger partial charge < -0.3 is 15.8 Å². The molecule has 0 fully saturated rings. The average molecular weight is 319 g/mol. The summed E-state index contributed by atoms with van der Waals surface area (Å²) in [5.41, 5.74) is 4.91. The summed E-state index contributed by atoms with van der Waals surface area (Å²) < 4.78 is 4.59. The number of methoxy groups -OCH3 is 1. The van der Waals surface area contributed by atoms with Crippen LogP contribution in [0.15, 0.2) is 0 Å². The van der Waals surface area contributed by atoms with Crippen molar-refractivity contribution in [1.29, 1.82) is 0 Å². The third kappa shape index (κ3) is 7.54. The summed E-state index contributed by atoms with van der Waals surface area (Å²) in [6.45, 7) is 4.87. The van der Waals surface area contributed by atoms with E-state index in [1.54, 1.807) is 13.8 Å². The highest BCUT2D eigenvalue weighted by Gasteiger charge is 2.28. The van der Waals surface area contributed by atoms with Crippen molar-refractivity contribution in [3.63, 3.8) is 0 Å². The Kier molecular flexibility index (Phi) is 8.44. The molecule has 0 aromatic carbocycles. The number of thioether (sulfide) groups is 1. The van der Waals surface area contributed by atoms with Gasteiger partial charge in [0, 0.05) is 12.7 Å². The molecule has 9 heteroatoms. The predicted octanol–water partition coefficient (Wildman–Crippen LogP) is -0.383. The summed E-state index contributed by atoms with van der Waals surface area (Å²) in [5, 5.41) is 3.87. The largest absolute Gasteiger partial charge is 0.467 e. The molecule has 8 nitrogen and oxygen atoms in total. The van der Waals surface area contributed by atoms with E-state index < -0.39 is 29.2 Å². The van der Waals surface area contributed by atoms with Gasteiger partial charge in [-0.05, 0) is 5.92 Å². The Morgan fingerprint density at radius 1 is 1.24 bits per heavy atom. The van der Waals surface area contributed by atoms with Gasteiger partial charge in [0.25, 0.3) is 0 Å². The van der Waals surface area contributed by atoms with E-state index in [1.807, 2.05) is 5.32 Å². The fourth-order valence-electron chi connectivity index (χ4n) is 1.52. The molecule has 0 radical (unpaired) electrons. The summed E-state index contributed by atoms with van der Waals surface area (Å²) in [6.07, 6.45) is 0. The highest BCUT2D eigenvalue weighted by molar-refractivity contribution is 8.00. The molecule has 0 saturated carbocycles. The van der Waals surface area contributed by atoms with Crippen LogP contribution in [0.1, 0.15) is 20.8 Å². The third-order valence-electron chi connectivity index (χ3n) is 2.42. The van der Waals surface area contributed by atoms with E-state index in [2.05, 4.69) is 10.1 Å². The van der Waals surface area contributed by atoms with Crippen LogP contribution in [-0.2, 0) is 19.1 Å². The standard InChI is InChI=1S/C12H21N3O5S/c1-6(2)9(10(17)15-12(13)19)21-5-8(11(18)20-4)14-7(3)16/h6,8-9H,5H2,1-4H3,(H,14,16)(H3,13,15,17,19). The molecule has 0 spiro atoms. The average Bonchev–Trinajstić information content (AvgIpc) is 2.34. The molecule has 0 aromatic heterocycles. The van der Waals surface area contributed by atoms with E-state index in [-0.39, 0.29) is 17.6 Å². The molecular weight excluding hydrogens is 298 g/mol. The minimum absolute atomic E-state index is 0.0926. The third-order valence-corrected chi connectivity index (χ3v) is 4.06. The van der Waals surface area contributed by atoms with Crippen LogP contribution >= 0.6 is 11.8 Å². The first-order valence-corrected chi connectivity index (χ1v) is 7.30. The molecule has 2 unspecified atom stereocenters. The van der Waals surface area contributed by atoms with Crippen molar-refractivity contribution in [3.8, 4) is 0 Å². The second kappa shape index (κ2) is 9.22. The normalized spacial score (nSPS) is 13.2. The van der Waals surface area contributed by atoms with Gasteiger partial charge >= 0.3 is 12.0 Å². The van der Waals surface area contributed by atoms with Crippen molar-refractivity contribution < 1.29 is 23.9 Å². The zero-order chi connectivity index (χ0) is 16.6. The molecule has 0 rings (SSSR count). The summed E-state index contributed by atoms with van der Waals surface area (Å²) in [7, 11) is 1.21. The van der Waals surface area contributed by atoms with Crippen LogP contribution < -0.4 is 16.4 Å². The maximum absolute atomic E-state index is 11.8. The van der Waals surface area contributed by atoms with Crippen LogP contribution in [0.4, 0.5) is 4.79 Å². The van der Waals surface area contributed by atoms with Crippen molar-refractivity contribution in [2.24, 2.45) is 11.7 Å². The number of ether oxygens (including phenoxy) is 1. The van der Waals surface area contributed by atoms with E-state index in [0.29, 0.717) is 0 Å². The quantitative estimate of drug-likeness (QED) is 0.549. The van der Waals surface area contributed by atoms with E-state index in [1.165, 1.54) is 14.0 Å².